The molecule has 1 unspecified atom stereocenters. The fourth-order valence-corrected chi connectivity index (χ4v) is 3.86. The van der Waals surface area contributed by atoms with Crippen molar-refractivity contribution in [2.75, 3.05) is 7.11 Å². The predicted molar refractivity (Wildman–Crippen MR) is 123 cm³/mol. The van der Waals surface area contributed by atoms with Gasteiger partial charge in [0.05, 0.1) is 24.4 Å². The Balaban J connectivity index is 1.73. The molecule has 0 radical (unpaired) electrons. The highest BCUT2D eigenvalue weighted by Crippen LogP contribution is 2.35. The molecule has 1 saturated heterocycles. The van der Waals surface area contributed by atoms with Crippen LogP contribution in [0.15, 0.2) is 76.4 Å². The van der Waals surface area contributed by atoms with Crippen LogP contribution in [0.25, 0.3) is 0 Å². The summed E-state index contributed by atoms with van der Waals surface area (Å²) >= 11 is 0. The van der Waals surface area contributed by atoms with E-state index in [4.69, 9.17) is 18.9 Å². The molecule has 2 aromatic carbocycles. The SMILES string of the molecule is CC[C@H]1O[C@@H](n2cc(OC)c(=O)[nH]c2=O)C(OC(=O)c2ccccc2)[C@H]1OC(=O)c1ccccc1. The highest BCUT2D eigenvalue weighted by atomic mass is 16.6. The minimum Gasteiger partial charge on any atom is -0.490 e. The van der Waals surface area contributed by atoms with Crippen LogP contribution < -0.4 is 16.0 Å². The van der Waals surface area contributed by atoms with E-state index in [2.05, 4.69) is 4.98 Å². The third-order valence-electron chi connectivity index (χ3n) is 5.62. The summed E-state index contributed by atoms with van der Waals surface area (Å²) in [6.07, 6.45) is -2.57. The highest BCUT2D eigenvalue weighted by molar-refractivity contribution is 5.90. The van der Waals surface area contributed by atoms with E-state index in [1.807, 2.05) is 6.92 Å². The normalized spacial score (nSPS) is 21.3. The van der Waals surface area contributed by atoms with Gasteiger partial charge in [-0.2, -0.15) is 0 Å². The Morgan fingerprint density at radius 3 is 1.97 bits per heavy atom. The number of benzene rings is 2. The summed E-state index contributed by atoms with van der Waals surface area (Å²) in [5, 5.41) is 0. The number of hydrogen-bond donors (Lipinski definition) is 1. The number of H-pyrrole nitrogens is 1. The molecule has 10 heteroatoms. The van der Waals surface area contributed by atoms with Gasteiger partial charge in [-0.15, -0.1) is 0 Å². The summed E-state index contributed by atoms with van der Waals surface area (Å²) in [6, 6.07) is 16.6. The minimum absolute atomic E-state index is 0.140. The van der Waals surface area contributed by atoms with Gasteiger partial charge in [0.15, 0.2) is 18.4 Å². The van der Waals surface area contributed by atoms with Crippen LogP contribution in [0.1, 0.15) is 40.3 Å². The zero-order chi connectivity index (χ0) is 24.9. The predicted octanol–water partition coefficient (Wildman–Crippen LogP) is 2.30. The molecule has 3 aromatic rings. The maximum absolute atomic E-state index is 12.9. The summed E-state index contributed by atoms with van der Waals surface area (Å²) in [5.74, 6) is -1.46. The molecular weight excluding hydrogens is 456 g/mol. The first-order chi connectivity index (χ1) is 16.9. The van der Waals surface area contributed by atoms with Gasteiger partial charge in [-0.05, 0) is 30.7 Å². The molecule has 2 heterocycles. The Hall–Kier alpha value is -4.18. The maximum atomic E-state index is 12.9. The van der Waals surface area contributed by atoms with E-state index in [1.165, 1.54) is 13.3 Å². The second kappa shape index (κ2) is 10.4. The van der Waals surface area contributed by atoms with E-state index in [0.29, 0.717) is 12.0 Å². The summed E-state index contributed by atoms with van der Waals surface area (Å²) in [5.41, 5.74) is -0.942. The van der Waals surface area contributed by atoms with Gasteiger partial charge in [-0.3, -0.25) is 14.3 Å². The van der Waals surface area contributed by atoms with E-state index < -0.39 is 47.7 Å². The first kappa shape index (κ1) is 24.0. The molecule has 1 fully saturated rings. The molecule has 4 atom stereocenters. The van der Waals surface area contributed by atoms with Gasteiger partial charge in [-0.25, -0.2) is 14.4 Å². The molecule has 0 spiro atoms. The molecule has 35 heavy (non-hydrogen) atoms. The van der Waals surface area contributed by atoms with Crippen molar-refractivity contribution in [2.24, 2.45) is 0 Å². The lowest BCUT2D eigenvalue weighted by Crippen LogP contribution is -2.42. The number of carbonyl (C=O) groups excluding carboxylic acids is 2. The lowest BCUT2D eigenvalue weighted by atomic mass is 10.1. The third-order valence-corrected chi connectivity index (χ3v) is 5.62. The lowest BCUT2D eigenvalue weighted by Gasteiger charge is -2.25. The molecule has 0 bridgehead atoms. The molecule has 0 amide bonds. The Morgan fingerprint density at radius 2 is 1.46 bits per heavy atom. The molecule has 0 saturated carbocycles. The molecule has 1 aliphatic heterocycles. The van der Waals surface area contributed by atoms with E-state index in [9.17, 15) is 19.2 Å². The fourth-order valence-electron chi connectivity index (χ4n) is 3.86. The topological polar surface area (TPSA) is 126 Å². The van der Waals surface area contributed by atoms with Crippen LogP contribution in [0, 0.1) is 0 Å². The number of esters is 2. The van der Waals surface area contributed by atoms with Crippen LogP contribution in [-0.4, -0.2) is 46.9 Å². The highest BCUT2D eigenvalue weighted by Gasteiger charge is 2.50. The zero-order valence-corrected chi connectivity index (χ0v) is 19.1. The average Bonchev–Trinajstić information content (AvgIpc) is 3.21. The van der Waals surface area contributed by atoms with Gasteiger partial charge in [0, 0.05) is 0 Å². The minimum atomic E-state index is -1.20. The van der Waals surface area contributed by atoms with Gasteiger partial charge in [0.1, 0.15) is 6.10 Å². The number of rotatable bonds is 7. The third kappa shape index (κ3) is 5.02. The Kier molecular flexibility index (Phi) is 7.11. The molecule has 182 valence electrons. The smallest absolute Gasteiger partial charge is 0.338 e. The average molecular weight is 480 g/mol. The first-order valence-electron chi connectivity index (χ1n) is 11.0. The van der Waals surface area contributed by atoms with Gasteiger partial charge >= 0.3 is 17.6 Å². The van der Waals surface area contributed by atoms with E-state index in [1.54, 1.807) is 60.7 Å². The van der Waals surface area contributed by atoms with Gasteiger partial charge in [0.25, 0.3) is 5.56 Å². The maximum Gasteiger partial charge on any atom is 0.338 e. The van der Waals surface area contributed by atoms with Crippen LogP contribution in [0.4, 0.5) is 0 Å². The standard InChI is InChI=1S/C25H24N2O8/c1-3-17-19(34-23(29)15-10-6-4-7-11-15)20(35-24(30)16-12-8-5-9-13-16)22(33-17)27-14-18(32-2)21(28)26-25(27)31/h4-14,17,19-20,22H,3H2,1-2H3,(H,26,28,31)/t17-,19+,20?,22-/m1/s1. The molecule has 4 rings (SSSR count). The number of ether oxygens (including phenoxy) is 4. The summed E-state index contributed by atoms with van der Waals surface area (Å²) in [6.45, 7) is 1.81. The van der Waals surface area contributed by atoms with Crippen LogP contribution in [0.3, 0.4) is 0 Å². The summed E-state index contributed by atoms with van der Waals surface area (Å²) in [7, 11) is 1.28. The molecule has 0 aliphatic carbocycles. The summed E-state index contributed by atoms with van der Waals surface area (Å²) in [4.78, 5) is 52.6. The Bertz CT molecular complexity index is 1300. The van der Waals surface area contributed by atoms with E-state index in [-0.39, 0.29) is 11.3 Å². The van der Waals surface area contributed by atoms with Crippen molar-refractivity contribution in [3.8, 4) is 5.75 Å². The van der Waals surface area contributed by atoms with E-state index in [0.717, 1.165) is 4.57 Å². The second-order valence-electron chi connectivity index (χ2n) is 7.81. The summed E-state index contributed by atoms with van der Waals surface area (Å²) < 4.78 is 23.7. The van der Waals surface area contributed by atoms with E-state index >= 15 is 0 Å². The number of nitrogens with zero attached hydrogens (tertiary/aromatic N) is 1. The molecular formula is C25H24N2O8. The van der Waals surface area contributed by atoms with Crippen LogP contribution in [-0.2, 0) is 14.2 Å². The number of methoxy groups -OCH3 is 1. The molecule has 1 aliphatic rings. The van der Waals surface area contributed by atoms with Crippen molar-refractivity contribution in [3.63, 3.8) is 0 Å². The first-order valence-corrected chi connectivity index (χ1v) is 11.0. The molecule has 1 aromatic heterocycles. The molecule has 1 N–H and O–H groups in total. The molecule has 10 nitrogen and oxygen atoms in total. The fraction of sp³-hybridized carbons (Fsp3) is 0.280. The largest absolute Gasteiger partial charge is 0.490 e. The van der Waals surface area contributed by atoms with Crippen molar-refractivity contribution < 1.29 is 28.5 Å². The number of carbonyl (C=O) groups is 2. The zero-order valence-electron chi connectivity index (χ0n) is 19.1. The van der Waals surface area contributed by atoms with Gasteiger partial charge in [0.2, 0.25) is 5.75 Å². The quantitative estimate of drug-likeness (QED) is 0.511. The van der Waals surface area contributed by atoms with Crippen molar-refractivity contribution in [3.05, 3.63) is 98.8 Å². The van der Waals surface area contributed by atoms with Gasteiger partial charge in [-0.1, -0.05) is 43.3 Å². The van der Waals surface area contributed by atoms with Crippen LogP contribution in [0.2, 0.25) is 0 Å². The van der Waals surface area contributed by atoms with Crippen LogP contribution in [0.5, 0.6) is 5.75 Å². The number of hydrogen-bond acceptors (Lipinski definition) is 8. The van der Waals surface area contributed by atoms with Crippen molar-refractivity contribution >= 4 is 11.9 Å². The van der Waals surface area contributed by atoms with Crippen molar-refractivity contribution in [1.82, 2.24) is 9.55 Å². The monoisotopic (exact) mass is 480 g/mol. The number of nitrogens with one attached hydrogen (secondary N) is 1. The number of aromatic nitrogens is 2. The lowest BCUT2D eigenvalue weighted by molar-refractivity contribution is -0.0529. The van der Waals surface area contributed by atoms with Crippen molar-refractivity contribution in [2.45, 2.75) is 37.9 Å². The van der Waals surface area contributed by atoms with Crippen molar-refractivity contribution in [1.29, 1.82) is 0 Å². The Labute approximate surface area is 200 Å². The Morgan fingerprint density at radius 1 is 0.914 bits per heavy atom. The second-order valence-corrected chi connectivity index (χ2v) is 7.81. The van der Waals surface area contributed by atoms with Crippen LogP contribution >= 0.6 is 0 Å². The van der Waals surface area contributed by atoms with Gasteiger partial charge < -0.3 is 18.9 Å². The number of aromatic amines is 1.